The third-order valence-corrected chi connectivity index (χ3v) is 7.66. The van der Waals surface area contributed by atoms with Crippen LogP contribution in [-0.2, 0) is 14.8 Å². The maximum absolute atomic E-state index is 12.9. The summed E-state index contributed by atoms with van der Waals surface area (Å²) in [6, 6.07) is 13.8. The van der Waals surface area contributed by atoms with E-state index in [9.17, 15) is 13.2 Å². The SMILES string of the molecule is CC(=O)NCCCNS(=O)(=O)c1sccc1-c1ccccc1Oc1ccc(Cl)cc1Cl. The molecule has 164 valence electrons. The van der Waals surface area contributed by atoms with Crippen LogP contribution < -0.4 is 14.8 Å². The smallest absolute Gasteiger partial charge is 0.250 e. The van der Waals surface area contributed by atoms with Gasteiger partial charge in [0.25, 0.3) is 10.0 Å². The summed E-state index contributed by atoms with van der Waals surface area (Å²) in [6.45, 7) is 2.02. The van der Waals surface area contributed by atoms with Crippen molar-refractivity contribution in [1.82, 2.24) is 10.0 Å². The van der Waals surface area contributed by atoms with Gasteiger partial charge in [-0.1, -0.05) is 41.4 Å². The number of para-hydroxylation sites is 1. The molecule has 0 aliphatic carbocycles. The molecule has 31 heavy (non-hydrogen) atoms. The average molecular weight is 499 g/mol. The van der Waals surface area contributed by atoms with Crippen LogP contribution in [0.1, 0.15) is 13.3 Å². The van der Waals surface area contributed by atoms with Crippen molar-refractivity contribution >= 4 is 50.5 Å². The normalized spacial score (nSPS) is 11.3. The highest BCUT2D eigenvalue weighted by Crippen LogP contribution is 2.40. The average Bonchev–Trinajstić information content (AvgIpc) is 3.21. The molecule has 0 spiro atoms. The fourth-order valence-corrected chi connectivity index (χ4v) is 5.72. The Hall–Kier alpha value is -2.10. The summed E-state index contributed by atoms with van der Waals surface area (Å²) in [5, 5.41) is 5.19. The lowest BCUT2D eigenvalue weighted by Crippen LogP contribution is -2.28. The van der Waals surface area contributed by atoms with Crippen molar-refractivity contribution in [2.24, 2.45) is 0 Å². The predicted molar refractivity (Wildman–Crippen MR) is 125 cm³/mol. The Morgan fingerprint density at radius 3 is 2.55 bits per heavy atom. The van der Waals surface area contributed by atoms with Crippen LogP contribution in [0.2, 0.25) is 10.0 Å². The molecule has 1 aromatic heterocycles. The Morgan fingerprint density at radius 2 is 1.81 bits per heavy atom. The zero-order valence-corrected chi connectivity index (χ0v) is 19.7. The number of carbonyl (C=O) groups excluding carboxylic acids is 1. The number of sulfonamides is 1. The molecule has 6 nitrogen and oxygen atoms in total. The molecule has 0 aliphatic rings. The summed E-state index contributed by atoms with van der Waals surface area (Å²) >= 11 is 13.3. The van der Waals surface area contributed by atoms with E-state index in [-0.39, 0.29) is 16.7 Å². The molecule has 0 unspecified atom stereocenters. The third kappa shape index (κ3) is 6.21. The van der Waals surface area contributed by atoms with Crippen molar-refractivity contribution in [2.45, 2.75) is 17.6 Å². The van der Waals surface area contributed by atoms with Crippen LogP contribution in [-0.4, -0.2) is 27.4 Å². The van der Waals surface area contributed by atoms with Crippen LogP contribution in [0.4, 0.5) is 0 Å². The van der Waals surface area contributed by atoms with Gasteiger partial charge in [-0.2, -0.15) is 0 Å². The van der Waals surface area contributed by atoms with Crippen molar-refractivity contribution in [1.29, 1.82) is 0 Å². The zero-order valence-electron chi connectivity index (χ0n) is 16.5. The van der Waals surface area contributed by atoms with Gasteiger partial charge >= 0.3 is 0 Å². The second-order valence-electron chi connectivity index (χ2n) is 6.53. The third-order valence-electron chi connectivity index (χ3n) is 4.18. The molecule has 0 radical (unpaired) electrons. The molecular formula is C21H20Cl2N2O4S2. The first-order chi connectivity index (χ1) is 14.8. The Labute approximate surface area is 195 Å². The highest BCUT2D eigenvalue weighted by atomic mass is 35.5. The van der Waals surface area contributed by atoms with Gasteiger partial charge in [0.15, 0.2) is 0 Å². The summed E-state index contributed by atoms with van der Waals surface area (Å²) < 4.78 is 34.5. The lowest BCUT2D eigenvalue weighted by molar-refractivity contribution is -0.118. The minimum absolute atomic E-state index is 0.152. The summed E-state index contributed by atoms with van der Waals surface area (Å²) in [4.78, 5) is 10.9. The van der Waals surface area contributed by atoms with Crippen LogP contribution in [0.5, 0.6) is 11.5 Å². The molecule has 0 saturated heterocycles. The molecule has 0 atom stereocenters. The van der Waals surface area contributed by atoms with Crippen LogP contribution in [0.25, 0.3) is 11.1 Å². The van der Waals surface area contributed by atoms with E-state index in [4.69, 9.17) is 27.9 Å². The molecule has 0 fully saturated rings. The molecule has 3 rings (SSSR count). The minimum Gasteiger partial charge on any atom is -0.455 e. The van der Waals surface area contributed by atoms with Crippen LogP contribution in [0.3, 0.4) is 0 Å². The Balaban J connectivity index is 1.84. The Morgan fingerprint density at radius 1 is 1.03 bits per heavy atom. The number of ether oxygens (including phenoxy) is 1. The summed E-state index contributed by atoms with van der Waals surface area (Å²) in [7, 11) is -3.74. The van der Waals surface area contributed by atoms with Crippen LogP contribution in [0.15, 0.2) is 58.1 Å². The van der Waals surface area contributed by atoms with Gasteiger partial charge in [0.05, 0.1) is 5.02 Å². The van der Waals surface area contributed by atoms with E-state index in [0.717, 1.165) is 11.3 Å². The lowest BCUT2D eigenvalue weighted by Gasteiger charge is -2.13. The van der Waals surface area contributed by atoms with Gasteiger partial charge in [0, 0.05) is 36.2 Å². The first kappa shape index (κ1) is 23.6. The first-order valence-electron chi connectivity index (χ1n) is 9.32. The molecule has 0 saturated carbocycles. The highest BCUT2D eigenvalue weighted by molar-refractivity contribution is 7.91. The number of hydrogen-bond acceptors (Lipinski definition) is 5. The fourth-order valence-electron chi connectivity index (χ4n) is 2.78. The summed E-state index contributed by atoms with van der Waals surface area (Å²) in [6.07, 6.45) is 0.480. The number of halogens is 2. The summed E-state index contributed by atoms with van der Waals surface area (Å²) in [5.41, 5.74) is 1.15. The van der Waals surface area contributed by atoms with Crippen molar-refractivity contribution in [3.05, 3.63) is 64.0 Å². The molecule has 2 aromatic carbocycles. The molecule has 10 heteroatoms. The topological polar surface area (TPSA) is 84.5 Å². The van der Waals surface area contributed by atoms with E-state index in [1.807, 2.05) is 0 Å². The number of carbonyl (C=O) groups is 1. The lowest BCUT2D eigenvalue weighted by atomic mass is 10.1. The second kappa shape index (κ2) is 10.5. The number of amides is 1. The second-order valence-corrected chi connectivity index (χ2v) is 10.3. The van der Waals surface area contributed by atoms with Crippen molar-refractivity contribution in [2.75, 3.05) is 13.1 Å². The van der Waals surface area contributed by atoms with E-state index in [1.165, 1.54) is 6.92 Å². The molecule has 0 aliphatic heterocycles. The number of thiophene rings is 1. The maximum atomic E-state index is 12.9. The minimum atomic E-state index is -3.74. The molecule has 0 bridgehead atoms. The van der Waals surface area contributed by atoms with Crippen molar-refractivity contribution < 1.29 is 17.9 Å². The fraction of sp³-hybridized carbons (Fsp3) is 0.190. The van der Waals surface area contributed by atoms with Gasteiger partial charge in [-0.05, 0) is 42.1 Å². The van der Waals surface area contributed by atoms with E-state index in [1.54, 1.807) is 53.9 Å². The van der Waals surface area contributed by atoms with Gasteiger partial charge in [-0.3, -0.25) is 4.79 Å². The first-order valence-corrected chi connectivity index (χ1v) is 12.4. The number of benzene rings is 2. The zero-order chi connectivity index (χ0) is 22.4. The standard InChI is InChI=1S/C21H20Cl2N2O4S2/c1-14(26)24-10-4-11-25-31(27,28)21-17(9-12-30-21)16-5-2-3-6-19(16)29-20-8-7-15(22)13-18(20)23/h2-3,5-9,12-13,25H,4,10-11H2,1H3,(H,24,26). The van der Waals surface area contributed by atoms with Crippen molar-refractivity contribution in [3.63, 3.8) is 0 Å². The molecule has 2 N–H and O–H groups in total. The molecule has 3 aromatic rings. The Kier molecular flexibility index (Phi) is 7.96. The van der Waals surface area contributed by atoms with Crippen molar-refractivity contribution in [3.8, 4) is 22.6 Å². The quantitative estimate of drug-likeness (QED) is 0.391. The van der Waals surface area contributed by atoms with Gasteiger partial charge in [0.1, 0.15) is 15.7 Å². The number of hydrogen-bond donors (Lipinski definition) is 2. The van der Waals surface area contributed by atoms with E-state index in [2.05, 4.69) is 10.0 Å². The van der Waals surface area contributed by atoms with Gasteiger partial charge in [-0.25, -0.2) is 13.1 Å². The van der Waals surface area contributed by atoms with Crippen LogP contribution in [0, 0.1) is 0 Å². The van der Waals surface area contributed by atoms with Gasteiger partial charge in [-0.15, -0.1) is 11.3 Å². The Bertz CT molecular complexity index is 1180. The number of rotatable bonds is 9. The van der Waals surface area contributed by atoms with Gasteiger partial charge in [0.2, 0.25) is 5.91 Å². The summed E-state index contributed by atoms with van der Waals surface area (Å²) in [5.74, 6) is 0.724. The predicted octanol–water partition coefficient (Wildman–Crippen LogP) is 5.32. The maximum Gasteiger partial charge on any atom is 0.250 e. The molecule has 1 heterocycles. The molecular weight excluding hydrogens is 479 g/mol. The largest absolute Gasteiger partial charge is 0.455 e. The molecule has 1 amide bonds. The highest BCUT2D eigenvalue weighted by Gasteiger charge is 2.23. The van der Waals surface area contributed by atoms with Gasteiger partial charge < -0.3 is 10.1 Å². The number of nitrogens with one attached hydrogen (secondary N) is 2. The van der Waals surface area contributed by atoms with Crippen LogP contribution >= 0.6 is 34.5 Å². The van der Waals surface area contributed by atoms with E-state index in [0.29, 0.717) is 45.6 Å². The van der Waals surface area contributed by atoms with E-state index >= 15 is 0 Å². The monoisotopic (exact) mass is 498 g/mol. The van der Waals surface area contributed by atoms with E-state index < -0.39 is 10.0 Å².